The monoisotopic (exact) mass is 516 g/mol. The summed E-state index contributed by atoms with van der Waals surface area (Å²) in [5.74, 6) is -0.541. The van der Waals surface area contributed by atoms with Gasteiger partial charge in [0, 0.05) is 31.0 Å². The standard InChI is InChI=1S/C22H27Cl2FN4O5/c1-22(2,3)34-20(31)27-17-13-9-28(10-14(13)17)16-5-4-11(6-15(16)25)29-8-12(33-21(29)32)7-26-19(30)18(23)24/h4-6,12-14,17-18H,7-10H2,1-3H3,(H,26,30)(H,27,31)/t12-,13-,14+,17?/m0/s1. The molecule has 4 rings (SSSR count). The number of nitrogens with one attached hydrogen (secondary N) is 2. The van der Waals surface area contributed by atoms with E-state index in [-0.39, 0.29) is 31.0 Å². The molecule has 0 spiro atoms. The summed E-state index contributed by atoms with van der Waals surface area (Å²) in [4.78, 5) is 37.7. The lowest BCUT2D eigenvalue weighted by Crippen LogP contribution is -2.38. The number of cyclic esters (lactones) is 1. The first-order valence-corrected chi connectivity index (χ1v) is 11.9. The van der Waals surface area contributed by atoms with Gasteiger partial charge in [-0.1, -0.05) is 23.2 Å². The molecule has 9 nitrogen and oxygen atoms in total. The van der Waals surface area contributed by atoms with Crippen LogP contribution in [-0.2, 0) is 14.3 Å². The fourth-order valence-electron chi connectivity index (χ4n) is 4.43. The lowest BCUT2D eigenvalue weighted by atomic mass is 10.2. The molecule has 3 aliphatic rings. The molecule has 0 aromatic heterocycles. The lowest BCUT2D eigenvalue weighted by molar-refractivity contribution is -0.119. The van der Waals surface area contributed by atoms with Gasteiger partial charge in [-0.15, -0.1) is 0 Å². The van der Waals surface area contributed by atoms with Gasteiger partial charge in [-0.2, -0.15) is 0 Å². The van der Waals surface area contributed by atoms with Crippen LogP contribution in [0, 0.1) is 17.7 Å². The van der Waals surface area contributed by atoms with Crippen LogP contribution in [0.1, 0.15) is 20.8 Å². The smallest absolute Gasteiger partial charge is 0.414 e. The molecule has 12 heteroatoms. The van der Waals surface area contributed by atoms with E-state index < -0.39 is 40.5 Å². The van der Waals surface area contributed by atoms with Crippen molar-refractivity contribution < 1.29 is 28.2 Å². The fourth-order valence-corrected chi connectivity index (χ4v) is 4.59. The minimum atomic E-state index is -1.21. The molecule has 186 valence electrons. The average molecular weight is 517 g/mol. The molecule has 2 heterocycles. The molecule has 1 aromatic rings. The first kappa shape index (κ1) is 24.7. The Balaban J connectivity index is 1.30. The maximum absolute atomic E-state index is 15.0. The Kier molecular flexibility index (Phi) is 6.74. The molecule has 1 saturated carbocycles. The van der Waals surface area contributed by atoms with Crippen LogP contribution in [0.3, 0.4) is 0 Å². The Bertz CT molecular complexity index is 977. The molecular formula is C22H27Cl2FN4O5. The second kappa shape index (κ2) is 9.30. The summed E-state index contributed by atoms with van der Waals surface area (Å²) < 4.78 is 25.5. The van der Waals surface area contributed by atoms with Crippen LogP contribution in [0.25, 0.3) is 0 Å². The van der Waals surface area contributed by atoms with E-state index in [4.69, 9.17) is 32.7 Å². The Hall–Kier alpha value is -2.46. The van der Waals surface area contributed by atoms with Crippen molar-refractivity contribution in [2.75, 3.05) is 36.0 Å². The first-order valence-electron chi connectivity index (χ1n) is 11.0. The predicted molar refractivity (Wildman–Crippen MR) is 125 cm³/mol. The van der Waals surface area contributed by atoms with E-state index in [1.54, 1.807) is 12.1 Å². The van der Waals surface area contributed by atoms with E-state index in [9.17, 15) is 18.8 Å². The maximum Gasteiger partial charge on any atom is 0.414 e. The number of hydrogen-bond donors (Lipinski definition) is 2. The normalized spacial score (nSPS) is 25.8. The molecule has 1 aliphatic carbocycles. The van der Waals surface area contributed by atoms with Crippen molar-refractivity contribution >= 4 is 52.7 Å². The van der Waals surface area contributed by atoms with Gasteiger partial charge < -0.3 is 25.0 Å². The first-order chi connectivity index (χ1) is 15.9. The molecule has 0 bridgehead atoms. The topological polar surface area (TPSA) is 100 Å². The predicted octanol–water partition coefficient (Wildman–Crippen LogP) is 3.03. The number of alkyl carbamates (subject to hydrolysis) is 1. The third kappa shape index (κ3) is 5.43. The highest BCUT2D eigenvalue weighted by atomic mass is 35.5. The number of alkyl halides is 2. The maximum atomic E-state index is 15.0. The van der Waals surface area contributed by atoms with Gasteiger partial charge in [0.25, 0.3) is 5.91 Å². The Morgan fingerprint density at radius 2 is 1.91 bits per heavy atom. The van der Waals surface area contributed by atoms with Crippen molar-refractivity contribution in [3.05, 3.63) is 24.0 Å². The van der Waals surface area contributed by atoms with Crippen molar-refractivity contribution in [1.29, 1.82) is 0 Å². The summed E-state index contributed by atoms with van der Waals surface area (Å²) in [6, 6.07) is 4.64. The number of nitrogens with zero attached hydrogens (tertiary/aromatic N) is 2. The second-order valence-corrected chi connectivity index (χ2v) is 10.8. The number of fused-ring (bicyclic) bond motifs is 1. The van der Waals surface area contributed by atoms with Crippen molar-refractivity contribution in [3.8, 4) is 0 Å². The molecule has 2 saturated heterocycles. The third-order valence-corrected chi connectivity index (χ3v) is 6.43. The molecule has 2 aliphatic heterocycles. The molecule has 34 heavy (non-hydrogen) atoms. The van der Waals surface area contributed by atoms with Gasteiger partial charge in [0.1, 0.15) is 17.5 Å². The summed E-state index contributed by atoms with van der Waals surface area (Å²) in [5.41, 5.74) is 0.248. The van der Waals surface area contributed by atoms with Crippen LogP contribution in [0.2, 0.25) is 0 Å². The van der Waals surface area contributed by atoms with Gasteiger partial charge >= 0.3 is 12.2 Å². The Morgan fingerprint density at radius 3 is 2.50 bits per heavy atom. The lowest BCUT2D eigenvalue weighted by Gasteiger charge is -2.25. The molecule has 3 amide bonds. The number of carbonyl (C=O) groups is 3. The average Bonchev–Trinajstić information content (AvgIpc) is 3.06. The summed E-state index contributed by atoms with van der Waals surface area (Å²) >= 11 is 11.0. The summed E-state index contributed by atoms with van der Waals surface area (Å²) in [6.07, 6.45) is -1.67. The summed E-state index contributed by atoms with van der Waals surface area (Å²) in [6.45, 7) is 6.88. The number of rotatable bonds is 6. The highest BCUT2D eigenvalue weighted by Crippen LogP contribution is 2.47. The molecule has 4 atom stereocenters. The number of ether oxygens (including phenoxy) is 2. The van der Waals surface area contributed by atoms with Gasteiger partial charge in [0.2, 0.25) is 0 Å². The van der Waals surface area contributed by atoms with Crippen LogP contribution in [0.5, 0.6) is 0 Å². The Labute approximate surface area is 206 Å². The van der Waals surface area contributed by atoms with E-state index in [1.807, 2.05) is 25.7 Å². The van der Waals surface area contributed by atoms with E-state index in [0.717, 1.165) is 0 Å². The zero-order valence-corrected chi connectivity index (χ0v) is 20.5. The number of hydrogen-bond acceptors (Lipinski definition) is 6. The van der Waals surface area contributed by atoms with Crippen LogP contribution in [-0.4, -0.2) is 66.9 Å². The van der Waals surface area contributed by atoms with Gasteiger partial charge in [0.05, 0.1) is 24.5 Å². The summed E-state index contributed by atoms with van der Waals surface area (Å²) in [5, 5.41) is 5.38. The number of piperidine rings is 1. The number of halogens is 3. The largest absolute Gasteiger partial charge is 0.444 e. The molecule has 3 fully saturated rings. The highest BCUT2D eigenvalue weighted by Gasteiger charge is 2.57. The SMILES string of the molecule is CC(C)(C)OC(=O)NC1[C@H]2CN(c3ccc(N4C[C@H](CNC(=O)C(Cl)Cl)OC4=O)cc3F)C[C@@H]12. The Morgan fingerprint density at radius 1 is 1.24 bits per heavy atom. The van der Waals surface area contributed by atoms with Crippen LogP contribution in [0.15, 0.2) is 18.2 Å². The minimum Gasteiger partial charge on any atom is -0.444 e. The van der Waals surface area contributed by atoms with E-state index in [1.165, 1.54) is 11.0 Å². The third-order valence-electron chi connectivity index (χ3n) is 6.04. The molecular weight excluding hydrogens is 490 g/mol. The van der Waals surface area contributed by atoms with Gasteiger partial charge in [-0.3, -0.25) is 9.69 Å². The molecule has 2 N–H and O–H groups in total. The van der Waals surface area contributed by atoms with Crippen LogP contribution < -0.4 is 20.4 Å². The quantitative estimate of drug-likeness (QED) is 0.563. The number of carbonyl (C=O) groups excluding carboxylic acids is 3. The molecule has 0 radical (unpaired) electrons. The van der Waals surface area contributed by atoms with Gasteiger partial charge in [-0.25, -0.2) is 14.0 Å². The number of anilines is 2. The minimum absolute atomic E-state index is 0.0399. The molecule has 1 aromatic carbocycles. The zero-order valence-electron chi connectivity index (χ0n) is 19.0. The zero-order chi connectivity index (χ0) is 24.8. The van der Waals surface area contributed by atoms with E-state index in [2.05, 4.69) is 10.6 Å². The van der Waals surface area contributed by atoms with Crippen molar-refractivity contribution in [3.63, 3.8) is 0 Å². The van der Waals surface area contributed by atoms with Crippen LogP contribution in [0.4, 0.5) is 25.4 Å². The van der Waals surface area contributed by atoms with Crippen molar-refractivity contribution in [2.45, 2.75) is 43.4 Å². The fraction of sp³-hybridized carbons (Fsp3) is 0.591. The number of benzene rings is 1. The van der Waals surface area contributed by atoms with Gasteiger partial charge in [-0.05, 0) is 39.0 Å². The second-order valence-electron chi connectivity index (χ2n) is 9.70. The molecule has 1 unspecified atom stereocenters. The van der Waals surface area contributed by atoms with E-state index in [0.29, 0.717) is 24.5 Å². The van der Waals surface area contributed by atoms with E-state index >= 15 is 0 Å². The highest BCUT2D eigenvalue weighted by molar-refractivity contribution is 6.53. The summed E-state index contributed by atoms with van der Waals surface area (Å²) in [7, 11) is 0. The number of amides is 3. The van der Waals surface area contributed by atoms with Gasteiger partial charge in [0.15, 0.2) is 4.84 Å². The van der Waals surface area contributed by atoms with Crippen molar-refractivity contribution in [1.82, 2.24) is 10.6 Å². The van der Waals surface area contributed by atoms with Crippen LogP contribution >= 0.6 is 23.2 Å². The van der Waals surface area contributed by atoms with Crippen molar-refractivity contribution in [2.24, 2.45) is 11.8 Å².